The fourth-order valence-corrected chi connectivity index (χ4v) is 3.59. The highest BCUT2D eigenvalue weighted by atomic mass is 16.5. The average molecular weight is 432 g/mol. The van der Waals surface area contributed by atoms with Gasteiger partial charge in [-0.3, -0.25) is 14.7 Å². The van der Waals surface area contributed by atoms with Crippen molar-refractivity contribution in [2.45, 2.75) is 6.42 Å². The molecule has 166 valence electrons. The summed E-state index contributed by atoms with van der Waals surface area (Å²) in [4.78, 5) is 25.1. The van der Waals surface area contributed by atoms with Gasteiger partial charge in [-0.1, -0.05) is 12.1 Å². The van der Waals surface area contributed by atoms with Crippen LogP contribution in [0, 0.1) is 0 Å². The number of ether oxygens (including phenoxy) is 1. The van der Waals surface area contributed by atoms with Crippen molar-refractivity contribution in [1.82, 2.24) is 19.8 Å². The minimum absolute atomic E-state index is 0.00468. The molecule has 3 aromatic rings. The molecule has 3 heterocycles. The van der Waals surface area contributed by atoms with Crippen LogP contribution >= 0.6 is 0 Å². The summed E-state index contributed by atoms with van der Waals surface area (Å²) in [5, 5.41) is 3.30. The lowest BCUT2D eigenvalue weighted by Crippen LogP contribution is -2.37. The molecule has 0 saturated carbocycles. The standard InChI is InChI=1S/C25H29N5O2/c1-29(2)25(31)20-5-3-19(4-6-20)21-7-10-24(27-17-21)28-23-9-8-22(26-18-23)11-12-30-13-15-32-16-14-30/h3-10,17-18H,11-16H2,1-2H3,(H,27,28). The third-order valence-electron chi connectivity index (χ3n) is 5.52. The van der Waals surface area contributed by atoms with Crippen molar-refractivity contribution in [2.24, 2.45) is 0 Å². The van der Waals surface area contributed by atoms with Crippen LogP contribution in [0.2, 0.25) is 0 Å². The first-order chi connectivity index (χ1) is 15.6. The van der Waals surface area contributed by atoms with Crippen LogP contribution in [0.15, 0.2) is 60.9 Å². The van der Waals surface area contributed by atoms with E-state index in [4.69, 9.17) is 4.74 Å². The predicted octanol–water partition coefficient (Wildman–Crippen LogP) is 3.46. The van der Waals surface area contributed by atoms with Gasteiger partial charge < -0.3 is 15.0 Å². The Balaban J connectivity index is 1.32. The molecule has 7 heteroatoms. The second-order valence-corrected chi connectivity index (χ2v) is 8.08. The third-order valence-corrected chi connectivity index (χ3v) is 5.52. The van der Waals surface area contributed by atoms with Gasteiger partial charge in [-0.25, -0.2) is 4.98 Å². The smallest absolute Gasteiger partial charge is 0.253 e. The van der Waals surface area contributed by atoms with Gasteiger partial charge in [0.25, 0.3) is 5.91 Å². The molecule has 4 rings (SSSR count). The number of hydrogen-bond donors (Lipinski definition) is 1. The first-order valence-corrected chi connectivity index (χ1v) is 10.9. The van der Waals surface area contributed by atoms with Crippen LogP contribution in [0.1, 0.15) is 16.1 Å². The fourth-order valence-electron chi connectivity index (χ4n) is 3.59. The van der Waals surface area contributed by atoms with Crippen molar-refractivity contribution in [3.63, 3.8) is 0 Å². The molecular weight excluding hydrogens is 402 g/mol. The number of amides is 1. The molecule has 1 aromatic carbocycles. The minimum atomic E-state index is -0.00468. The number of hydrogen-bond acceptors (Lipinski definition) is 6. The quantitative estimate of drug-likeness (QED) is 0.618. The van der Waals surface area contributed by atoms with E-state index in [2.05, 4.69) is 26.3 Å². The van der Waals surface area contributed by atoms with Gasteiger partial charge in [0.2, 0.25) is 0 Å². The molecule has 1 aliphatic rings. The van der Waals surface area contributed by atoms with E-state index in [1.54, 1.807) is 19.0 Å². The number of carbonyl (C=O) groups is 1. The average Bonchev–Trinajstić information content (AvgIpc) is 2.84. The minimum Gasteiger partial charge on any atom is -0.379 e. The van der Waals surface area contributed by atoms with Gasteiger partial charge in [0, 0.05) is 63.2 Å². The third kappa shape index (κ3) is 5.69. The molecule has 1 fully saturated rings. The second kappa shape index (κ2) is 10.3. The number of carbonyl (C=O) groups excluding carboxylic acids is 1. The van der Waals surface area contributed by atoms with Gasteiger partial charge in [0.1, 0.15) is 5.82 Å². The maximum absolute atomic E-state index is 12.0. The van der Waals surface area contributed by atoms with E-state index in [0.717, 1.165) is 67.6 Å². The number of aromatic nitrogens is 2. The SMILES string of the molecule is CN(C)C(=O)c1ccc(-c2ccc(Nc3ccc(CCN4CCOCC4)nc3)nc2)cc1. The molecule has 1 amide bonds. The Bertz CT molecular complexity index is 1010. The van der Waals surface area contributed by atoms with E-state index in [1.807, 2.05) is 54.9 Å². The monoisotopic (exact) mass is 431 g/mol. The van der Waals surface area contributed by atoms with Crippen molar-refractivity contribution in [3.8, 4) is 11.1 Å². The highest BCUT2D eigenvalue weighted by molar-refractivity contribution is 5.94. The largest absolute Gasteiger partial charge is 0.379 e. The molecule has 0 spiro atoms. The zero-order chi connectivity index (χ0) is 22.3. The molecule has 1 N–H and O–H groups in total. The van der Waals surface area contributed by atoms with E-state index >= 15 is 0 Å². The van der Waals surface area contributed by atoms with Crippen LogP contribution < -0.4 is 5.32 Å². The summed E-state index contributed by atoms with van der Waals surface area (Å²) in [7, 11) is 3.50. The highest BCUT2D eigenvalue weighted by Gasteiger charge is 2.10. The molecule has 7 nitrogen and oxygen atoms in total. The Hall–Kier alpha value is -3.29. The molecule has 32 heavy (non-hydrogen) atoms. The van der Waals surface area contributed by atoms with Crippen molar-refractivity contribution < 1.29 is 9.53 Å². The first kappa shape index (κ1) is 21.9. The maximum atomic E-state index is 12.0. The van der Waals surface area contributed by atoms with Crippen molar-refractivity contribution >= 4 is 17.4 Å². The van der Waals surface area contributed by atoms with Crippen LogP contribution in [-0.4, -0.2) is 72.6 Å². The number of nitrogens with one attached hydrogen (secondary N) is 1. The molecule has 0 bridgehead atoms. The van der Waals surface area contributed by atoms with Crippen LogP contribution in [0.3, 0.4) is 0 Å². The Morgan fingerprint density at radius 3 is 2.34 bits per heavy atom. The Labute approximate surface area is 189 Å². The number of nitrogens with zero attached hydrogens (tertiary/aromatic N) is 4. The Kier molecular flexibility index (Phi) is 7.09. The Morgan fingerprint density at radius 2 is 1.72 bits per heavy atom. The number of morpholine rings is 1. The van der Waals surface area contributed by atoms with Crippen LogP contribution in [0.4, 0.5) is 11.5 Å². The summed E-state index contributed by atoms with van der Waals surface area (Å²) < 4.78 is 5.39. The maximum Gasteiger partial charge on any atom is 0.253 e. The number of pyridine rings is 2. The summed E-state index contributed by atoms with van der Waals surface area (Å²) in [5.41, 5.74) is 4.68. The Morgan fingerprint density at radius 1 is 0.969 bits per heavy atom. The van der Waals surface area contributed by atoms with Crippen LogP contribution in [-0.2, 0) is 11.2 Å². The molecule has 1 saturated heterocycles. The lowest BCUT2D eigenvalue weighted by atomic mass is 10.1. The van der Waals surface area contributed by atoms with Crippen molar-refractivity contribution in [3.05, 3.63) is 72.2 Å². The zero-order valence-electron chi connectivity index (χ0n) is 18.6. The van der Waals surface area contributed by atoms with E-state index in [9.17, 15) is 4.79 Å². The van der Waals surface area contributed by atoms with Crippen LogP contribution in [0.5, 0.6) is 0 Å². The summed E-state index contributed by atoms with van der Waals surface area (Å²) in [6.07, 6.45) is 4.62. The predicted molar refractivity (Wildman–Crippen MR) is 126 cm³/mol. The summed E-state index contributed by atoms with van der Waals surface area (Å²) >= 11 is 0. The molecule has 2 aromatic heterocycles. The molecule has 0 atom stereocenters. The van der Waals surface area contributed by atoms with Gasteiger partial charge in [0.15, 0.2) is 0 Å². The molecule has 1 aliphatic heterocycles. The lowest BCUT2D eigenvalue weighted by Gasteiger charge is -2.26. The van der Waals surface area contributed by atoms with Gasteiger partial charge in [-0.05, 0) is 42.0 Å². The van der Waals surface area contributed by atoms with Gasteiger partial charge >= 0.3 is 0 Å². The summed E-state index contributed by atoms with van der Waals surface area (Å²) in [6, 6.07) is 15.6. The molecule has 0 unspecified atom stereocenters. The number of rotatable bonds is 7. The normalized spacial score (nSPS) is 14.2. The van der Waals surface area contributed by atoms with Crippen molar-refractivity contribution in [1.29, 1.82) is 0 Å². The zero-order valence-corrected chi connectivity index (χ0v) is 18.6. The first-order valence-electron chi connectivity index (χ1n) is 10.9. The fraction of sp³-hybridized carbons (Fsp3) is 0.320. The number of benzene rings is 1. The molecule has 0 radical (unpaired) electrons. The van der Waals surface area contributed by atoms with Gasteiger partial charge in [-0.2, -0.15) is 0 Å². The summed E-state index contributed by atoms with van der Waals surface area (Å²) in [5.74, 6) is 0.756. The highest BCUT2D eigenvalue weighted by Crippen LogP contribution is 2.22. The van der Waals surface area contributed by atoms with E-state index in [0.29, 0.717) is 5.56 Å². The van der Waals surface area contributed by atoms with E-state index < -0.39 is 0 Å². The topological polar surface area (TPSA) is 70.6 Å². The summed E-state index contributed by atoms with van der Waals surface area (Å²) in [6.45, 7) is 4.66. The van der Waals surface area contributed by atoms with Crippen LogP contribution in [0.25, 0.3) is 11.1 Å². The van der Waals surface area contributed by atoms with Gasteiger partial charge in [0.05, 0.1) is 25.1 Å². The second-order valence-electron chi connectivity index (χ2n) is 8.08. The number of anilines is 2. The van der Waals surface area contributed by atoms with Crippen molar-refractivity contribution in [2.75, 3.05) is 52.3 Å². The van der Waals surface area contributed by atoms with E-state index in [-0.39, 0.29) is 5.91 Å². The molecular formula is C25H29N5O2. The van der Waals surface area contributed by atoms with E-state index in [1.165, 1.54) is 0 Å². The van der Waals surface area contributed by atoms with Gasteiger partial charge in [-0.15, -0.1) is 0 Å². The molecule has 0 aliphatic carbocycles. The lowest BCUT2D eigenvalue weighted by molar-refractivity contribution is 0.0383.